The minimum Gasteiger partial charge on any atom is -0.490 e. The molecule has 1 aromatic carbocycles. The van der Waals surface area contributed by atoms with E-state index < -0.39 is 17.7 Å². The quantitative estimate of drug-likeness (QED) is 0.833. The number of likely N-dealkylation sites (tertiary alicyclic amines) is 1. The maximum absolute atomic E-state index is 13.2. The molecule has 0 N–H and O–H groups in total. The number of carbonyl (C=O) groups is 1. The molecule has 1 amide bonds. The predicted molar refractivity (Wildman–Crippen MR) is 87.1 cm³/mol. The van der Waals surface area contributed by atoms with Crippen molar-refractivity contribution in [1.29, 1.82) is 0 Å². The van der Waals surface area contributed by atoms with Crippen molar-refractivity contribution in [2.24, 2.45) is 7.05 Å². The first-order valence-electron chi connectivity index (χ1n) is 8.04. The number of rotatable bonds is 3. The van der Waals surface area contributed by atoms with Crippen molar-refractivity contribution < 1.29 is 23.0 Å². The normalized spacial score (nSPS) is 15.0. The standard InChI is InChI=1S/C17H17F2N3O4/c1-21-16(23)3-2-15(20-21)26-17(24)22-6-4-13(5-7-22)25-14-9-11(18)8-12(19)10-14/h2-3,8-10,13H,4-7H2,1H3. The summed E-state index contributed by atoms with van der Waals surface area (Å²) in [5.41, 5.74) is -0.309. The lowest BCUT2D eigenvalue weighted by molar-refractivity contribution is 0.0916. The number of ether oxygens (including phenoxy) is 2. The van der Waals surface area contributed by atoms with Gasteiger partial charge in [-0.2, -0.15) is 0 Å². The molecule has 0 spiro atoms. The van der Waals surface area contributed by atoms with Gasteiger partial charge in [-0.25, -0.2) is 18.3 Å². The molecule has 1 aliphatic heterocycles. The van der Waals surface area contributed by atoms with E-state index in [9.17, 15) is 18.4 Å². The monoisotopic (exact) mass is 365 g/mol. The van der Waals surface area contributed by atoms with E-state index in [-0.39, 0.29) is 23.3 Å². The molecule has 1 saturated heterocycles. The molecule has 1 aliphatic rings. The Morgan fingerprint density at radius 1 is 1.15 bits per heavy atom. The molecule has 26 heavy (non-hydrogen) atoms. The van der Waals surface area contributed by atoms with Crippen molar-refractivity contribution >= 4 is 6.09 Å². The number of halogens is 2. The molecule has 0 saturated carbocycles. The number of aromatic nitrogens is 2. The Hall–Kier alpha value is -2.97. The van der Waals surface area contributed by atoms with Gasteiger partial charge >= 0.3 is 6.09 Å². The molecule has 0 unspecified atom stereocenters. The van der Waals surface area contributed by atoms with Crippen LogP contribution in [0.5, 0.6) is 11.6 Å². The van der Waals surface area contributed by atoms with Crippen molar-refractivity contribution in [1.82, 2.24) is 14.7 Å². The molecule has 3 rings (SSSR count). The van der Waals surface area contributed by atoms with Crippen molar-refractivity contribution in [3.05, 3.63) is 52.3 Å². The van der Waals surface area contributed by atoms with E-state index in [1.807, 2.05) is 0 Å². The van der Waals surface area contributed by atoms with Crippen molar-refractivity contribution in [3.63, 3.8) is 0 Å². The Morgan fingerprint density at radius 3 is 2.42 bits per heavy atom. The minimum absolute atomic E-state index is 0.0331. The number of carbonyl (C=O) groups excluding carboxylic acids is 1. The topological polar surface area (TPSA) is 73.7 Å². The van der Waals surface area contributed by atoms with Crippen LogP contribution in [0.15, 0.2) is 35.1 Å². The molecule has 1 fully saturated rings. The van der Waals surface area contributed by atoms with Gasteiger partial charge in [0.05, 0.1) is 0 Å². The molecule has 9 heteroatoms. The van der Waals surface area contributed by atoms with Crippen LogP contribution in [0.3, 0.4) is 0 Å². The summed E-state index contributed by atoms with van der Waals surface area (Å²) in [5.74, 6) is -1.25. The first-order chi connectivity index (χ1) is 12.4. The van der Waals surface area contributed by atoms with Gasteiger partial charge in [0.15, 0.2) is 0 Å². The minimum atomic E-state index is -0.703. The lowest BCUT2D eigenvalue weighted by Crippen LogP contribution is -2.43. The van der Waals surface area contributed by atoms with Gasteiger partial charge in [-0.15, -0.1) is 5.10 Å². The maximum atomic E-state index is 13.2. The third kappa shape index (κ3) is 4.35. The Morgan fingerprint density at radius 2 is 1.81 bits per heavy atom. The summed E-state index contributed by atoms with van der Waals surface area (Å²) in [7, 11) is 1.46. The number of nitrogens with zero attached hydrogens (tertiary/aromatic N) is 3. The first-order valence-corrected chi connectivity index (χ1v) is 8.04. The highest BCUT2D eigenvalue weighted by atomic mass is 19.1. The lowest BCUT2D eigenvalue weighted by Gasteiger charge is -2.31. The van der Waals surface area contributed by atoms with Gasteiger partial charge in [0.25, 0.3) is 5.56 Å². The van der Waals surface area contributed by atoms with Crippen LogP contribution >= 0.6 is 0 Å². The van der Waals surface area contributed by atoms with Gasteiger partial charge in [0.1, 0.15) is 23.5 Å². The third-order valence-corrected chi connectivity index (χ3v) is 3.97. The number of hydrogen-bond acceptors (Lipinski definition) is 5. The van der Waals surface area contributed by atoms with Crippen LogP contribution in [0.2, 0.25) is 0 Å². The second-order valence-electron chi connectivity index (χ2n) is 5.91. The summed E-state index contributed by atoms with van der Waals surface area (Å²) in [6.45, 7) is 0.736. The Balaban J connectivity index is 1.53. The molecule has 0 bridgehead atoms. The zero-order valence-corrected chi connectivity index (χ0v) is 14.0. The van der Waals surface area contributed by atoms with E-state index in [4.69, 9.17) is 9.47 Å². The van der Waals surface area contributed by atoms with Crippen LogP contribution < -0.4 is 15.0 Å². The number of amides is 1. The Kier molecular flexibility index (Phi) is 5.15. The summed E-state index contributed by atoms with van der Waals surface area (Å²) in [5, 5.41) is 3.83. The van der Waals surface area contributed by atoms with Crippen LogP contribution in [0.4, 0.5) is 13.6 Å². The Labute approximate surface area is 147 Å². The summed E-state index contributed by atoms with van der Waals surface area (Å²) in [6.07, 6.45) is 0.157. The fourth-order valence-corrected chi connectivity index (χ4v) is 2.63. The van der Waals surface area contributed by atoms with Crippen molar-refractivity contribution in [2.45, 2.75) is 18.9 Å². The van der Waals surface area contributed by atoms with Crippen LogP contribution in [-0.4, -0.2) is 40.0 Å². The lowest BCUT2D eigenvalue weighted by atomic mass is 10.1. The van der Waals surface area contributed by atoms with Gasteiger partial charge in [0, 0.05) is 63.3 Å². The smallest absolute Gasteiger partial charge is 0.416 e. The van der Waals surface area contributed by atoms with Crippen molar-refractivity contribution in [3.8, 4) is 11.6 Å². The van der Waals surface area contributed by atoms with Crippen LogP contribution in [-0.2, 0) is 7.05 Å². The third-order valence-electron chi connectivity index (χ3n) is 3.97. The second kappa shape index (κ2) is 7.51. The molecule has 2 heterocycles. The molecule has 0 aliphatic carbocycles. The predicted octanol–water partition coefficient (Wildman–Crippen LogP) is 2.10. The number of piperidine rings is 1. The maximum Gasteiger partial charge on any atom is 0.416 e. The first kappa shape index (κ1) is 17.8. The van der Waals surface area contributed by atoms with Gasteiger partial charge in [-0.3, -0.25) is 4.79 Å². The molecule has 0 atom stereocenters. The van der Waals surface area contributed by atoms with Crippen molar-refractivity contribution in [2.75, 3.05) is 13.1 Å². The number of benzene rings is 1. The Bertz CT molecular complexity index is 843. The molecule has 138 valence electrons. The SMILES string of the molecule is Cn1nc(OC(=O)N2CCC(Oc3cc(F)cc(F)c3)CC2)ccc1=O. The fraction of sp³-hybridized carbons (Fsp3) is 0.353. The highest BCUT2D eigenvalue weighted by molar-refractivity contribution is 5.70. The van der Waals surface area contributed by atoms with Gasteiger partial charge in [-0.1, -0.05) is 0 Å². The average molecular weight is 365 g/mol. The zero-order chi connectivity index (χ0) is 18.7. The van der Waals surface area contributed by atoms with E-state index in [1.54, 1.807) is 0 Å². The molecular weight excluding hydrogens is 348 g/mol. The summed E-state index contributed by atoms with van der Waals surface area (Å²) in [4.78, 5) is 24.9. The summed E-state index contributed by atoms with van der Waals surface area (Å²) in [6, 6.07) is 5.60. The molecule has 1 aromatic heterocycles. The molecule has 2 aromatic rings. The van der Waals surface area contributed by atoms with Crippen LogP contribution in [0.1, 0.15) is 12.8 Å². The highest BCUT2D eigenvalue weighted by Gasteiger charge is 2.25. The second-order valence-corrected chi connectivity index (χ2v) is 5.91. The summed E-state index contributed by atoms with van der Waals surface area (Å²) >= 11 is 0. The average Bonchev–Trinajstić information content (AvgIpc) is 2.58. The van der Waals surface area contributed by atoms with Gasteiger partial charge in [0.2, 0.25) is 5.88 Å². The number of hydrogen-bond donors (Lipinski definition) is 0. The van der Waals surface area contributed by atoms with Crippen LogP contribution in [0.25, 0.3) is 0 Å². The fourth-order valence-electron chi connectivity index (χ4n) is 2.63. The van der Waals surface area contributed by atoms with E-state index in [2.05, 4.69) is 5.10 Å². The number of aryl methyl sites for hydroxylation is 1. The van der Waals surface area contributed by atoms with E-state index in [0.29, 0.717) is 25.9 Å². The largest absolute Gasteiger partial charge is 0.490 e. The van der Waals surface area contributed by atoms with E-state index in [0.717, 1.165) is 22.9 Å². The highest BCUT2D eigenvalue weighted by Crippen LogP contribution is 2.21. The summed E-state index contributed by atoms with van der Waals surface area (Å²) < 4.78 is 38.2. The van der Waals surface area contributed by atoms with Gasteiger partial charge < -0.3 is 14.4 Å². The zero-order valence-electron chi connectivity index (χ0n) is 14.0. The van der Waals surface area contributed by atoms with Gasteiger partial charge in [-0.05, 0) is 0 Å². The molecular formula is C17H17F2N3O4. The molecule has 7 nitrogen and oxygen atoms in total. The molecule has 0 radical (unpaired) electrons. The van der Waals surface area contributed by atoms with E-state index in [1.165, 1.54) is 24.1 Å². The van der Waals surface area contributed by atoms with E-state index >= 15 is 0 Å². The van der Waals surface area contributed by atoms with Crippen LogP contribution in [0, 0.1) is 11.6 Å².